The molecule has 0 saturated heterocycles. The van der Waals surface area contributed by atoms with E-state index in [-0.39, 0.29) is 35.4 Å². The van der Waals surface area contributed by atoms with E-state index in [1.807, 2.05) is 12.1 Å². The third kappa shape index (κ3) is 4.97. The van der Waals surface area contributed by atoms with E-state index in [2.05, 4.69) is 25.6 Å². The zero-order valence-electron chi connectivity index (χ0n) is 20.2. The monoisotopic (exact) mass is 557 g/mol. The molecule has 0 bridgehead atoms. The van der Waals surface area contributed by atoms with Gasteiger partial charge in [-0.2, -0.15) is 0 Å². The van der Waals surface area contributed by atoms with Crippen LogP contribution >= 0.6 is 22.9 Å². The van der Waals surface area contributed by atoms with Gasteiger partial charge in [-0.1, -0.05) is 23.7 Å². The zero-order valence-corrected chi connectivity index (χ0v) is 21.8. The molecule has 6 rings (SSSR count). The molecule has 1 aliphatic heterocycles. The van der Waals surface area contributed by atoms with E-state index < -0.39 is 11.9 Å². The van der Waals surface area contributed by atoms with Crippen molar-refractivity contribution in [2.45, 2.75) is 19.0 Å². The number of thiophene rings is 1. The van der Waals surface area contributed by atoms with Crippen molar-refractivity contribution in [3.8, 4) is 0 Å². The molecule has 1 aliphatic rings. The van der Waals surface area contributed by atoms with Gasteiger partial charge in [-0.15, -0.1) is 11.3 Å². The van der Waals surface area contributed by atoms with E-state index in [0.717, 1.165) is 0 Å². The molecule has 4 aromatic heterocycles. The van der Waals surface area contributed by atoms with Crippen LogP contribution in [-0.2, 0) is 17.8 Å². The number of nitrogens with one attached hydrogen (secondary N) is 2. The average Bonchev–Trinajstić information content (AvgIpc) is 3.58. The minimum absolute atomic E-state index is 0.113. The number of hydrogen-bond acceptors (Lipinski definition) is 7. The zero-order chi connectivity index (χ0) is 26.9. The number of anilines is 2. The Balaban J connectivity index is 1.26. The largest absolute Gasteiger partial charge is 0.323 e. The number of carbonyl (C=O) groups excluding carboxylic acids is 3. The van der Waals surface area contributed by atoms with Crippen LogP contribution in [-0.4, -0.2) is 48.0 Å². The lowest BCUT2D eigenvalue weighted by Crippen LogP contribution is -2.46. The molecule has 39 heavy (non-hydrogen) atoms. The Morgan fingerprint density at radius 2 is 2.00 bits per heavy atom. The van der Waals surface area contributed by atoms with Gasteiger partial charge in [0, 0.05) is 37.3 Å². The van der Waals surface area contributed by atoms with Gasteiger partial charge in [-0.05, 0) is 41.3 Å². The van der Waals surface area contributed by atoms with Gasteiger partial charge in [0.05, 0.1) is 28.7 Å². The van der Waals surface area contributed by atoms with Crippen LogP contribution < -0.4 is 10.6 Å². The Morgan fingerprint density at radius 3 is 2.82 bits per heavy atom. The number of pyridine rings is 1. The first-order valence-corrected chi connectivity index (χ1v) is 13.2. The predicted molar refractivity (Wildman–Crippen MR) is 147 cm³/mol. The molecule has 194 valence electrons. The fourth-order valence-corrected chi connectivity index (χ4v) is 5.51. The summed E-state index contributed by atoms with van der Waals surface area (Å²) in [6.45, 7) is 0.113. The molecular weight excluding hydrogens is 538 g/mol. The van der Waals surface area contributed by atoms with E-state index >= 15 is 0 Å². The highest BCUT2D eigenvalue weighted by molar-refractivity contribution is 7.12. The molecule has 10 nitrogen and oxygen atoms in total. The number of fused-ring (bicyclic) bond motifs is 2. The van der Waals surface area contributed by atoms with Gasteiger partial charge in [0.2, 0.25) is 5.91 Å². The lowest BCUT2D eigenvalue weighted by molar-refractivity contribution is -0.120. The third-order valence-electron chi connectivity index (χ3n) is 6.34. The summed E-state index contributed by atoms with van der Waals surface area (Å²) in [5.41, 5.74) is 2.76. The normalized spacial score (nSPS) is 15.1. The molecule has 5 heterocycles. The molecule has 1 aromatic carbocycles. The van der Waals surface area contributed by atoms with Crippen molar-refractivity contribution in [3.05, 3.63) is 106 Å². The molecule has 2 N–H and O–H groups in total. The molecule has 1 unspecified atom stereocenters. The van der Waals surface area contributed by atoms with Crippen molar-refractivity contribution in [3.63, 3.8) is 0 Å². The van der Waals surface area contributed by atoms with Crippen molar-refractivity contribution in [1.82, 2.24) is 24.3 Å². The molecule has 0 radical (unpaired) electrons. The van der Waals surface area contributed by atoms with E-state index in [4.69, 9.17) is 11.6 Å². The number of nitrogens with zero attached hydrogens (tertiary/aromatic N) is 5. The van der Waals surface area contributed by atoms with Gasteiger partial charge >= 0.3 is 0 Å². The maximum Gasteiger partial charge on any atom is 0.267 e. The molecule has 0 aliphatic carbocycles. The van der Waals surface area contributed by atoms with E-state index in [1.165, 1.54) is 16.2 Å². The van der Waals surface area contributed by atoms with Crippen molar-refractivity contribution >= 4 is 57.8 Å². The van der Waals surface area contributed by atoms with Crippen LogP contribution in [0.2, 0.25) is 5.02 Å². The summed E-state index contributed by atoms with van der Waals surface area (Å²) in [6, 6.07) is 11.3. The van der Waals surface area contributed by atoms with Crippen LogP contribution in [0, 0.1) is 0 Å². The molecule has 1 atom stereocenters. The number of amides is 3. The van der Waals surface area contributed by atoms with Crippen LogP contribution in [0.25, 0.3) is 5.65 Å². The standard InChI is InChI=1S/C27H20ClN7O3S/c28-19-11-16(4-5-18(19)25(36)33-22-15-34-9-8-30-23(34)13-31-22)14-35-21(12-17-3-1-2-7-29-17)26(37)32-20-6-10-39-24(20)27(35)38/h1-11,13,15,21H,12,14H2,(H,32,37)(H,33,36). The van der Waals surface area contributed by atoms with Gasteiger partial charge in [0.1, 0.15) is 16.7 Å². The molecule has 0 saturated carbocycles. The van der Waals surface area contributed by atoms with Crippen molar-refractivity contribution in [2.24, 2.45) is 0 Å². The topological polar surface area (TPSA) is 122 Å². The Bertz CT molecular complexity index is 1720. The van der Waals surface area contributed by atoms with Crippen molar-refractivity contribution < 1.29 is 14.4 Å². The van der Waals surface area contributed by atoms with Crippen molar-refractivity contribution in [1.29, 1.82) is 0 Å². The fourth-order valence-electron chi connectivity index (χ4n) is 4.42. The first-order chi connectivity index (χ1) is 19.0. The van der Waals surface area contributed by atoms with Crippen molar-refractivity contribution in [2.75, 3.05) is 10.6 Å². The van der Waals surface area contributed by atoms with Crippen LogP contribution in [0.5, 0.6) is 0 Å². The number of halogens is 1. The van der Waals surface area contributed by atoms with Gasteiger partial charge in [-0.3, -0.25) is 19.4 Å². The maximum absolute atomic E-state index is 13.6. The number of hydrogen-bond donors (Lipinski definition) is 2. The lowest BCUT2D eigenvalue weighted by Gasteiger charge is -2.28. The minimum atomic E-state index is -0.794. The summed E-state index contributed by atoms with van der Waals surface area (Å²) in [5.74, 6) is -0.648. The van der Waals surface area contributed by atoms with Crippen LogP contribution in [0.3, 0.4) is 0 Å². The van der Waals surface area contributed by atoms with Crippen LogP contribution in [0.4, 0.5) is 11.5 Å². The Morgan fingerprint density at radius 1 is 1.10 bits per heavy atom. The Hall–Kier alpha value is -4.61. The molecular formula is C27H20ClN7O3S. The Kier molecular flexibility index (Phi) is 6.51. The number of benzene rings is 1. The Labute approximate surface area is 231 Å². The second-order valence-electron chi connectivity index (χ2n) is 8.86. The summed E-state index contributed by atoms with van der Waals surface area (Å²) < 4.78 is 1.74. The molecule has 0 fully saturated rings. The predicted octanol–water partition coefficient (Wildman–Crippen LogP) is 4.30. The van der Waals surface area contributed by atoms with Gasteiger partial charge in [0.25, 0.3) is 11.8 Å². The smallest absolute Gasteiger partial charge is 0.267 e. The van der Waals surface area contributed by atoms with E-state index in [9.17, 15) is 14.4 Å². The summed E-state index contributed by atoms with van der Waals surface area (Å²) in [5, 5.41) is 7.59. The summed E-state index contributed by atoms with van der Waals surface area (Å²) in [6.07, 6.45) is 8.49. The quantitative estimate of drug-likeness (QED) is 0.321. The second kappa shape index (κ2) is 10.3. The van der Waals surface area contributed by atoms with E-state index in [1.54, 1.807) is 71.1 Å². The number of rotatable bonds is 6. The third-order valence-corrected chi connectivity index (χ3v) is 7.55. The van der Waals surface area contributed by atoms with Crippen LogP contribution in [0.1, 0.15) is 31.3 Å². The molecule has 5 aromatic rings. The highest BCUT2D eigenvalue weighted by atomic mass is 35.5. The van der Waals surface area contributed by atoms with Gasteiger partial charge in [-0.25, -0.2) is 9.97 Å². The number of aromatic nitrogens is 4. The molecule has 0 spiro atoms. The average molecular weight is 558 g/mol. The summed E-state index contributed by atoms with van der Waals surface area (Å²) in [7, 11) is 0. The second-order valence-corrected chi connectivity index (χ2v) is 10.2. The first kappa shape index (κ1) is 24.7. The highest BCUT2D eigenvalue weighted by Gasteiger charge is 2.36. The summed E-state index contributed by atoms with van der Waals surface area (Å²) >= 11 is 7.80. The summed E-state index contributed by atoms with van der Waals surface area (Å²) in [4.78, 5) is 54.5. The highest BCUT2D eigenvalue weighted by Crippen LogP contribution is 2.31. The first-order valence-electron chi connectivity index (χ1n) is 11.9. The molecule has 12 heteroatoms. The molecule has 3 amide bonds. The number of carbonyl (C=O) groups is 3. The number of imidazole rings is 1. The van der Waals surface area contributed by atoms with Crippen LogP contribution in [0.15, 0.2) is 78.8 Å². The van der Waals surface area contributed by atoms with Gasteiger partial charge < -0.3 is 19.9 Å². The SMILES string of the molecule is O=C(Nc1cn2ccnc2cn1)c1ccc(CN2C(=O)c3sccc3NC(=O)C2Cc2ccccn2)cc1Cl. The van der Waals surface area contributed by atoms with E-state index in [0.29, 0.717) is 33.3 Å². The van der Waals surface area contributed by atoms with Gasteiger partial charge in [0.15, 0.2) is 5.65 Å². The lowest BCUT2D eigenvalue weighted by atomic mass is 10.1. The fraction of sp³-hybridized carbons (Fsp3) is 0.111. The maximum atomic E-state index is 13.6. The minimum Gasteiger partial charge on any atom is -0.323 e.